The zero-order chi connectivity index (χ0) is 18.7. The van der Waals surface area contributed by atoms with Crippen molar-refractivity contribution in [2.24, 2.45) is 0 Å². The molecule has 0 spiro atoms. The van der Waals surface area contributed by atoms with Crippen LogP contribution in [0.2, 0.25) is 0 Å². The number of rotatable bonds is 6. The predicted octanol–water partition coefficient (Wildman–Crippen LogP) is 2.99. The molecule has 1 heterocycles. The topological polar surface area (TPSA) is 88.3 Å². The number of benzene rings is 2. The highest BCUT2D eigenvalue weighted by molar-refractivity contribution is 9.10. The number of carbonyl (C=O) groups is 1. The minimum Gasteiger partial charge on any atom is -0.468 e. The molecule has 0 aliphatic heterocycles. The molecular formula is C18H17BrN2O4S. The zero-order valence-corrected chi connectivity index (χ0v) is 16.3. The first-order chi connectivity index (χ1) is 12.4. The molecule has 3 aromatic rings. The highest BCUT2D eigenvalue weighted by atomic mass is 79.9. The summed E-state index contributed by atoms with van der Waals surface area (Å²) >= 11 is 3.27. The van der Waals surface area contributed by atoms with Crippen molar-refractivity contribution in [2.45, 2.75) is 17.4 Å². The van der Waals surface area contributed by atoms with Gasteiger partial charge in [-0.15, -0.1) is 0 Å². The van der Waals surface area contributed by atoms with E-state index < -0.39 is 22.0 Å². The molecule has 2 aromatic carbocycles. The van der Waals surface area contributed by atoms with Crippen molar-refractivity contribution in [1.29, 1.82) is 0 Å². The summed E-state index contributed by atoms with van der Waals surface area (Å²) in [7, 11) is -2.64. The zero-order valence-electron chi connectivity index (χ0n) is 13.9. The van der Waals surface area contributed by atoms with Gasteiger partial charge in [0, 0.05) is 28.0 Å². The molecule has 0 saturated heterocycles. The van der Waals surface area contributed by atoms with E-state index in [4.69, 9.17) is 4.74 Å². The van der Waals surface area contributed by atoms with Crippen molar-refractivity contribution in [3.8, 4) is 0 Å². The van der Waals surface area contributed by atoms with Crippen LogP contribution >= 0.6 is 15.9 Å². The van der Waals surface area contributed by atoms with Crippen molar-refractivity contribution < 1.29 is 17.9 Å². The average Bonchev–Trinajstić information content (AvgIpc) is 3.04. The van der Waals surface area contributed by atoms with Crippen molar-refractivity contribution in [1.82, 2.24) is 9.71 Å². The second-order valence-corrected chi connectivity index (χ2v) is 8.34. The number of aromatic nitrogens is 1. The largest absolute Gasteiger partial charge is 0.468 e. The minimum atomic E-state index is -3.87. The Balaban J connectivity index is 1.89. The Kier molecular flexibility index (Phi) is 5.45. The second kappa shape index (κ2) is 7.61. The van der Waals surface area contributed by atoms with Gasteiger partial charge in [-0.25, -0.2) is 8.42 Å². The molecule has 0 unspecified atom stereocenters. The molecule has 0 aliphatic carbocycles. The van der Waals surface area contributed by atoms with E-state index in [-0.39, 0.29) is 11.3 Å². The molecule has 8 heteroatoms. The number of halogens is 1. The summed E-state index contributed by atoms with van der Waals surface area (Å²) in [5, 5.41) is 0.934. The van der Waals surface area contributed by atoms with Crippen LogP contribution in [0.5, 0.6) is 0 Å². The first-order valence-corrected chi connectivity index (χ1v) is 10.1. The minimum absolute atomic E-state index is 0.0773. The molecule has 26 heavy (non-hydrogen) atoms. The van der Waals surface area contributed by atoms with E-state index in [9.17, 15) is 13.2 Å². The van der Waals surface area contributed by atoms with Crippen LogP contribution in [-0.4, -0.2) is 32.5 Å². The molecule has 0 bridgehead atoms. The van der Waals surface area contributed by atoms with E-state index in [2.05, 4.69) is 25.6 Å². The first-order valence-electron chi connectivity index (χ1n) is 7.81. The van der Waals surface area contributed by atoms with Gasteiger partial charge in [-0.1, -0.05) is 34.1 Å². The Morgan fingerprint density at radius 3 is 2.58 bits per heavy atom. The molecule has 0 radical (unpaired) electrons. The number of H-pyrrole nitrogens is 1. The number of hydrogen-bond donors (Lipinski definition) is 2. The fourth-order valence-electron chi connectivity index (χ4n) is 2.70. The Labute approximate surface area is 159 Å². The quantitative estimate of drug-likeness (QED) is 0.581. The Morgan fingerprint density at radius 2 is 1.88 bits per heavy atom. The summed E-state index contributed by atoms with van der Waals surface area (Å²) in [6.45, 7) is 0. The van der Waals surface area contributed by atoms with Crippen LogP contribution in [-0.2, 0) is 26.0 Å². The summed E-state index contributed by atoms with van der Waals surface area (Å²) in [5.74, 6) is -0.643. The maximum Gasteiger partial charge on any atom is 0.324 e. The maximum absolute atomic E-state index is 12.6. The van der Waals surface area contributed by atoms with E-state index in [1.807, 2.05) is 24.3 Å². The Morgan fingerprint density at radius 1 is 1.19 bits per heavy atom. The number of sulfonamides is 1. The van der Waals surface area contributed by atoms with Gasteiger partial charge >= 0.3 is 5.97 Å². The Bertz CT molecular complexity index is 1030. The van der Waals surface area contributed by atoms with Crippen LogP contribution < -0.4 is 4.72 Å². The van der Waals surface area contributed by atoms with Gasteiger partial charge in [-0.3, -0.25) is 4.79 Å². The predicted molar refractivity (Wildman–Crippen MR) is 102 cm³/mol. The summed E-state index contributed by atoms with van der Waals surface area (Å²) in [4.78, 5) is 15.4. The van der Waals surface area contributed by atoms with Crippen LogP contribution in [0, 0.1) is 0 Å². The third-order valence-corrected chi connectivity index (χ3v) is 6.02. The van der Waals surface area contributed by atoms with Crippen molar-refractivity contribution in [3.63, 3.8) is 0 Å². The average molecular weight is 437 g/mol. The van der Waals surface area contributed by atoms with Crippen molar-refractivity contribution >= 4 is 42.8 Å². The lowest BCUT2D eigenvalue weighted by atomic mass is 10.1. The number of ether oxygens (including phenoxy) is 1. The van der Waals surface area contributed by atoms with Gasteiger partial charge in [0.05, 0.1) is 12.0 Å². The smallest absolute Gasteiger partial charge is 0.324 e. The molecule has 2 N–H and O–H groups in total. The summed E-state index contributed by atoms with van der Waals surface area (Å²) < 4.78 is 33.3. The third-order valence-electron chi connectivity index (χ3n) is 4.01. The van der Waals surface area contributed by atoms with Gasteiger partial charge in [-0.05, 0) is 35.9 Å². The lowest BCUT2D eigenvalue weighted by molar-refractivity contribution is -0.142. The van der Waals surface area contributed by atoms with Gasteiger partial charge in [0.1, 0.15) is 6.04 Å². The third kappa shape index (κ3) is 3.98. The van der Waals surface area contributed by atoms with E-state index in [0.29, 0.717) is 0 Å². The molecule has 3 rings (SSSR count). The molecule has 0 aliphatic rings. The fourth-order valence-corrected chi connectivity index (χ4v) is 4.15. The van der Waals surface area contributed by atoms with Crippen molar-refractivity contribution in [2.75, 3.05) is 7.11 Å². The molecule has 0 amide bonds. The lowest BCUT2D eigenvalue weighted by Crippen LogP contribution is -2.42. The van der Waals surface area contributed by atoms with Crippen LogP contribution in [0.4, 0.5) is 0 Å². The van der Waals surface area contributed by atoms with Gasteiger partial charge < -0.3 is 9.72 Å². The van der Waals surface area contributed by atoms with Gasteiger partial charge in [0.25, 0.3) is 0 Å². The van der Waals surface area contributed by atoms with Crippen LogP contribution in [0.3, 0.4) is 0 Å². The standard InChI is InChI=1S/C18H17BrN2O4S/c1-25-18(22)17(10-12-11-20-16-5-3-2-4-15(12)16)21-26(23,24)14-8-6-13(19)7-9-14/h2-9,11,17,20-21H,10H2,1H3/t17-/m0/s1. The van der Waals surface area contributed by atoms with Gasteiger partial charge in [0.2, 0.25) is 10.0 Å². The summed E-state index contributed by atoms with van der Waals surface area (Å²) in [6.07, 6.45) is 1.95. The number of hydrogen-bond acceptors (Lipinski definition) is 4. The number of esters is 1. The highest BCUT2D eigenvalue weighted by Crippen LogP contribution is 2.21. The highest BCUT2D eigenvalue weighted by Gasteiger charge is 2.27. The molecule has 136 valence electrons. The number of nitrogens with one attached hydrogen (secondary N) is 2. The van der Waals surface area contributed by atoms with Crippen molar-refractivity contribution in [3.05, 3.63) is 64.8 Å². The molecular weight excluding hydrogens is 420 g/mol. The number of aromatic amines is 1. The Hall–Kier alpha value is -2.16. The lowest BCUT2D eigenvalue weighted by Gasteiger charge is -2.16. The molecule has 1 atom stereocenters. The van der Waals surface area contributed by atoms with Gasteiger partial charge in [-0.2, -0.15) is 4.72 Å². The number of carbonyl (C=O) groups excluding carboxylic acids is 1. The van der Waals surface area contributed by atoms with E-state index in [1.165, 1.54) is 19.2 Å². The molecule has 0 saturated carbocycles. The first kappa shape index (κ1) is 18.6. The monoisotopic (exact) mass is 436 g/mol. The molecule has 1 aromatic heterocycles. The van der Waals surface area contributed by atoms with Crippen LogP contribution in [0.15, 0.2) is 64.1 Å². The summed E-state index contributed by atoms with van der Waals surface area (Å²) in [6, 6.07) is 12.8. The van der Waals surface area contributed by atoms with E-state index in [1.54, 1.807) is 18.3 Å². The van der Waals surface area contributed by atoms with E-state index in [0.717, 1.165) is 20.9 Å². The maximum atomic E-state index is 12.6. The fraction of sp³-hybridized carbons (Fsp3) is 0.167. The molecule has 6 nitrogen and oxygen atoms in total. The summed E-state index contributed by atoms with van der Waals surface area (Å²) in [5.41, 5.74) is 1.75. The second-order valence-electron chi connectivity index (χ2n) is 5.71. The SMILES string of the molecule is COC(=O)[C@H](Cc1c[nH]c2ccccc12)NS(=O)(=O)c1ccc(Br)cc1. The number of fused-ring (bicyclic) bond motifs is 1. The normalized spacial score (nSPS) is 12.8. The number of methoxy groups -OCH3 is 1. The van der Waals surface area contributed by atoms with E-state index >= 15 is 0 Å². The van der Waals surface area contributed by atoms with Crippen LogP contribution in [0.1, 0.15) is 5.56 Å². The number of para-hydroxylation sites is 1. The van der Waals surface area contributed by atoms with Crippen LogP contribution in [0.25, 0.3) is 10.9 Å². The van der Waals surface area contributed by atoms with Gasteiger partial charge in [0.15, 0.2) is 0 Å². The molecule has 0 fully saturated rings.